The smallest absolute Gasteiger partial charge is 0.145 e. The van der Waals surface area contributed by atoms with E-state index in [2.05, 4.69) is 23.1 Å². The summed E-state index contributed by atoms with van der Waals surface area (Å²) in [6, 6.07) is 0. The lowest BCUT2D eigenvalue weighted by atomic mass is 11.3. The van der Waals surface area contributed by atoms with Crippen molar-refractivity contribution in [2.45, 2.75) is 0 Å². The number of hydrogen-bond donors (Lipinski definition) is 0. The van der Waals surface area contributed by atoms with Crippen LogP contribution in [-0.4, -0.2) is 6.72 Å². The summed E-state index contributed by atoms with van der Waals surface area (Å²) in [7, 11) is 0. The van der Waals surface area contributed by atoms with Gasteiger partial charge in [0.05, 0.1) is 0 Å². The number of nitrogens with zero attached hydrogens (tertiary/aromatic N) is 1. The Hall–Kier alpha value is -0.970. The second kappa shape index (κ2) is 3.03. The lowest BCUT2D eigenvalue weighted by Gasteiger charge is -1.68. The molecule has 0 aromatic rings. The Morgan fingerprint density at radius 3 is 2.60 bits per heavy atom. The predicted octanol–water partition coefficient (Wildman–Crippen LogP) is 0.209. The van der Waals surface area contributed by atoms with Crippen molar-refractivity contribution in [1.29, 1.82) is 0 Å². The van der Waals surface area contributed by atoms with Crippen LogP contribution >= 0.6 is 0 Å². The second-order valence-electron chi connectivity index (χ2n) is 0.338. The van der Waals surface area contributed by atoms with Crippen molar-refractivity contribution in [3.63, 3.8) is 0 Å². The van der Waals surface area contributed by atoms with Crippen LogP contribution < -0.4 is 0 Å². The maximum atomic E-state index is 4.53. The fourth-order valence-corrected chi connectivity index (χ4v) is 0.0373. The summed E-state index contributed by atoms with van der Waals surface area (Å²) in [4.78, 5) is 3.88. The minimum absolute atomic E-state index is 1.79. The summed E-state index contributed by atoms with van der Waals surface area (Å²) in [5, 5.41) is 2.87. The number of terminal acetylenes is 1. The summed E-state index contributed by atoms with van der Waals surface area (Å²) >= 11 is 0. The Labute approximate surface area is 30.4 Å². The lowest BCUT2D eigenvalue weighted by Crippen LogP contribution is -1.55. The zero-order valence-corrected chi connectivity index (χ0v) is 2.64. The third-order valence-electron chi connectivity index (χ3n) is 0.117. The van der Waals surface area contributed by atoms with Gasteiger partial charge in [-0.15, -0.1) is 0 Å². The Morgan fingerprint density at radius 2 is 2.60 bits per heavy atom. The maximum Gasteiger partial charge on any atom is 0.145 e. The van der Waals surface area contributed by atoms with Crippen LogP contribution in [0.3, 0.4) is 0 Å². The van der Waals surface area contributed by atoms with Gasteiger partial charge in [0, 0.05) is 6.72 Å². The van der Waals surface area contributed by atoms with Crippen LogP contribution in [0.4, 0.5) is 0 Å². The van der Waals surface area contributed by atoms with Crippen LogP contribution in [0.1, 0.15) is 0 Å². The summed E-state index contributed by atoms with van der Waals surface area (Å²) < 4.78 is 0. The molecule has 0 aliphatic carbocycles. The normalized spacial score (nSPS) is 4.60. The minimum atomic E-state index is 1.79. The van der Waals surface area contributed by atoms with E-state index in [1.54, 1.807) is 6.11 Å². The SMILES string of the molecule is C#CON=C. The topological polar surface area (TPSA) is 21.6 Å². The zero-order chi connectivity index (χ0) is 4.12. The first-order chi connectivity index (χ1) is 2.41. The maximum absolute atomic E-state index is 4.53. The molecule has 0 rings (SSSR count). The molecule has 2 heteroatoms. The molecule has 0 spiro atoms. The fraction of sp³-hybridized carbons (Fsp3) is 0. The monoisotopic (exact) mass is 69.0 g/mol. The molecule has 0 aromatic carbocycles. The van der Waals surface area contributed by atoms with E-state index in [-0.39, 0.29) is 0 Å². The van der Waals surface area contributed by atoms with Crippen LogP contribution in [0, 0.1) is 12.5 Å². The molecule has 0 saturated carbocycles. The predicted molar refractivity (Wildman–Crippen MR) is 19.5 cm³/mol. The van der Waals surface area contributed by atoms with Gasteiger partial charge >= 0.3 is 0 Å². The fourth-order valence-electron chi connectivity index (χ4n) is 0.0373. The summed E-state index contributed by atoms with van der Waals surface area (Å²) in [5.74, 6) is 0. The Kier molecular flexibility index (Phi) is 2.44. The highest BCUT2D eigenvalue weighted by Gasteiger charge is 1.46. The highest BCUT2D eigenvalue weighted by Crippen LogP contribution is 1.57. The van der Waals surface area contributed by atoms with Gasteiger partial charge < -0.3 is 4.84 Å². The second-order valence-corrected chi connectivity index (χ2v) is 0.338. The highest BCUT2D eigenvalue weighted by molar-refractivity contribution is 5.21. The van der Waals surface area contributed by atoms with Gasteiger partial charge in [-0.05, 0) is 0 Å². The van der Waals surface area contributed by atoms with E-state index < -0.39 is 0 Å². The largest absolute Gasteiger partial charge is 0.304 e. The third kappa shape index (κ3) is 3.03. The van der Waals surface area contributed by atoms with Gasteiger partial charge in [-0.2, -0.15) is 0 Å². The van der Waals surface area contributed by atoms with Gasteiger partial charge in [0.25, 0.3) is 0 Å². The molecular formula is C3H3NO. The van der Waals surface area contributed by atoms with Crippen molar-refractivity contribution >= 4 is 6.72 Å². The van der Waals surface area contributed by atoms with E-state index >= 15 is 0 Å². The molecule has 0 heterocycles. The molecule has 0 saturated heterocycles. The first-order valence-electron chi connectivity index (χ1n) is 0.992. The van der Waals surface area contributed by atoms with Crippen molar-refractivity contribution in [1.82, 2.24) is 0 Å². The molecule has 2 nitrogen and oxygen atoms in total. The number of rotatable bonds is 1. The van der Waals surface area contributed by atoms with E-state index in [9.17, 15) is 0 Å². The molecule has 0 aliphatic rings. The lowest BCUT2D eigenvalue weighted by molar-refractivity contribution is 0.304. The van der Waals surface area contributed by atoms with Crippen molar-refractivity contribution in [2.75, 3.05) is 0 Å². The first kappa shape index (κ1) is 4.03. The van der Waals surface area contributed by atoms with Crippen LogP contribution in [0.5, 0.6) is 0 Å². The highest BCUT2D eigenvalue weighted by atomic mass is 16.6. The molecule has 0 atom stereocenters. The van der Waals surface area contributed by atoms with Gasteiger partial charge in [-0.25, -0.2) is 0 Å². The molecule has 0 N–H and O–H groups in total. The molecular weight excluding hydrogens is 66.0 g/mol. The average Bonchev–Trinajstić information content (AvgIpc) is 1.41. The molecule has 26 valence electrons. The van der Waals surface area contributed by atoms with Crippen molar-refractivity contribution < 1.29 is 4.84 Å². The van der Waals surface area contributed by atoms with Gasteiger partial charge in [-0.1, -0.05) is 11.6 Å². The number of hydrogen-bond acceptors (Lipinski definition) is 2. The van der Waals surface area contributed by atoms with E-state index in [4.69, 9.17) is 0 Å². The molecule has 0 unspecified atom stereocenters. The summed E-state index contributed by atoms with van der Waals surface area (Å²) in [6.07, 6.45) is 6.32. The summed E-state index contributed by atoms with van der Waals surface area (Å²) in [6.45, 7) is 2.94. The van der Waals surface area contributed by atoms with Crippen molar-refractivity contribution in [3.05, 3.63) is 0 Å². The third-order valence-corrected chi connectivity index (χ3v) is 0.117. The quantitative estimate of drug-likeness (QED) is 0.245. The molecule has 0 bridgehead atoms. The first-order valence-corrected chi connectivity index (χ1v) is 0.992. The van der Waals surface area contributed by atoms with E-state index in [1.807, 2.05) is 0 Å². The van der Waals surface area contributed by atoms with Gasteiger partial charge in [0.15, 0.2) is 0 Å². The molecule has 5 heavy (non-hydrogen) atoms. The Bertz CT molecular complexity index is 61.8. The van der Waals surface area contributed by atoms with Crippen LogP contribution in [0.15, 0.2) is 5.16 Å². The van der Waals surface area contributed by atoms with Gasteiger partial charge in [-0.3, -0.25) is 0 Å². The zero-order valence-electron chi connectivity index (χ0n) is 2.64. The van der Waals surface area contributed by atoms with Crippen LogP contribution in [0.25, 0.3) is 0 Å². The van der Waals surface area contributed by atoms with Gasteiger partial charge in [0.1, 0.15) is 6.11 Å². The van der Waals surface area contributed by atoms with E-state index in [1.165, 1.54) is 0 Å². The Morgan fingerprint density at radius 1 is 2.00 bits per heavy atom. The van der Waals surface area contributed by atoms with Crippen molar-refractivity contribution in [3.8, 4) is 12.5 Å². The van der Waals surface area contributed by atoms with Crippen molar-refractivity contribution in [2.24, 2.45) is 5.16 Å². The van der Waals surface area contributed by atoms with Crippen LogP contribution in [-0.2, 0) is 4.84 Å². The van der Waals surface area contributed by atoms with E-state index in [0.29, 0.717) is 0 Å². The molecule has 0 aromatic heterocycles. The van der Waals surface area contributed by atoms with E-state index in [0.717, 1.165) is 0 Å². The molecule has 0 radical (unpaired) electrons. The summed E-state index contributed by atoms with van der Waals surface area (Å²) in [5.41, 5.74) is 0. The molecule has 0 aliphatic heterocycles. The Balaban J connectivity index is 2.75. The van der Waals surface area contributed by atoms with Gasteiger partial charge in [0.2, 0.25) is 0 Å². The number of oxime groups is 1. The minimum Gasteiger partial charge on any atom is -0.304 e. The van der Waals surface area contributed by atoms with Crippen LogP contribution in [0.2, 0.25) is 0 Å². The standard InChI is InChI=1S/C3H3NO/c1-3-5-4-2/h1H,2H2. The molecule has 0 amide bonds. The molecule has 0 fully saturated rings. The average molecular weight is 69.1 g/mol.